The van der Waals surface area contributed by atoms with Crippen LogP contribution < -0.4 is 10.6 Å². The molecule has 0 bridgehead atoms. The molecule has 1 heterocycles. The zero-order valence-electron chi connectivity index (χ0n) is 15.7. The van der Waals surface area contributed by atoms with Gasteiger partial charge in [0, 0.05) is 17.8 Å². The highest BCUT2D eigenvalue weighted by atomic mass is 19.1. The number of anilines is 2. The molecule has 0 aliphatic heterocycles. The van der Waals surface area contributed by atoms with Crippen molar-refractivity contribution in [3.05, 3.63) is 83.3 Å². The maximum absolute atomic E-state index is 13.6. The van der Waals surface area contributed by atoms with E-state index in [1.807, 2.05) is 0 Å². The van der Waals surface area contributed by atoms with E-state index in [1.54, 1.807) is 55.5 Å². The van der Waals surface area contributed by atoms with Gasteiger partial charge in [-0.3, -0.25) is 4.79 Å². The number of nitrogens with zero attached hydrogens (tertiary/aromatic N) is 2. The van der Waals surface area contributed by atoms with Gasteiger partial charge in [0.15, 0.2) is 5.69 Å². The van der Waals surface area contributed by atoms with Crippen molar-refractivity contribution in [1.82, 2.24) is 10.2 Å². The van der Waals surface area contributed by atoms with E-state index in [4.69, 9.17) is 4.74 Å². The van der Waals surface area contributed by atoms with E-state index < -0.39 is 11.9 Å². The molecule has 0 aliphatic rings. The molecule has 1 amide bonds. The second-order valence-corrected chi connectivity index (χ2v) is 6.00. The zero-order chi connectivity index (χ0) is 20.6. The second-order valence-electron chi connectivity index (χ2n) is 6.00. The highest BCUT2D eigenvalue weighted by Gasteiger charge is 2.11. The smallest absolute Gasteiger partial charge is 0.338 e. The molecule has 0 aliphatic carbocycles. The molecule has 8 heteroatoms. The summed E-state index contributed by atoms with van der Waals surface area (Å²) in [7, 11) is 0. The van der Waals surface area contributed by atoms with Crippen molar-refractivity contribution in [2.45, 2.75) is 13.5 Å². The summed E-state index contributed by atoms with van der Waals surface area (Å²) in [5, 5.41) is 13.5. The molecule has 1 aromatic heterocycles. The van der Waals surface area contributed by atoms with Crippen LogP contribution in [-0.2, 0) is 11.3 Å². The Bertz CT molecular complexity index is 992. The van der Waals surface area contributed by atoms with E-state index in [0.29, 0.717) is 29.2 Å². The minimum Gasteiger partial charge on any atom is -0.462 e. The van der Waals surface area contributed by atoms with E-state index in [0.717, 1.165) is 0 Å². The predicted molar refractivity (Wildman–Crippen MR) is 106 cm³/mol. The van der Waals surface area contributed by atoms with Gasteiger partial charge in [-0.25, -0.2) is 9.18 Å². The average molecular weight is 394 g/mol. The van der Waals surface area contributed by atoms with Crippen LogP contribution in [0.25, 0.3) is 0 Å². The molecular weight excluding hydrogens is 375 g/mol. The highest BCUT2D eigenvalue weighted by molar-refractivity contribution is 6.03. The first-order valence-corrected chi connectivity index (χ1v) is 8.96. The van der Waals surface area contributed by atoms with Crippen LogP contribution in [0.15, 0.2) is 60.7 Å². The van der Waals surface area contributed by atoms with Gasteiger partial charge in [0.2, 0.25) is 0 Å². The van der Waals surface area contributed by atoms with Crippen LogP contribution >= 0.6 is 0 Å². The number of ether oxygens (including phenoxy) is 1. The lowest BCUT2D eigenvalue weighted by Crippen LogP contribution is -2.15. The van der Waals surface area contributed by atoms with Gasteiger partial charge in [0.05, 0.1) is 12.2 Å². The lowest BCUT2D eigenvalue weighted by atomic mass is 10.2. The van der Waals surface area contributed by atoms with Crippen molar-refractivity contribution in [1.29, 1.82) is 0 Å². The summed E-state index contributed by atoms with van der Waals surface area (Å²) in [4.78, 5) is 23.9. The number of rotatable bonds is 7. The number of hydrogen-bond donors (Lipinski definition) is 2. The Kier molecular flexibility index (Phi) is 6.47. The summed E-state index contributed by atoms with van der Waals surface area (Å²) < 4.78 is 18.5. The van der Waals surface area contributed by atoms with Gasteiger partial charge in [-0.15, -0.1) is 10.2 Å². The largest absolute Gasteiger partial charge is 0.462 e. The van der Waals surface area contributed by atoms with E-state index >= 15 is 0 Å². The molecule has 0 fully saturated rings. The monoisotopic (exact) mass is 394 g/mol. The van der Waals surface area contributed by atoms with Crippen LogP contribution in [0.1, 0.15) is 33.3 Å². The number of esters is 1. The van der Waals surface area contributed by atoms with Gasteiger partial charge < -0.3 is 15.4 Å². The standard InChI is InChI=1S/C21H19FN4O3/c1-2-29-21(28)14-7-9-16(10-8-14)24-20(27)18-11-12-19(26-25-18)23-13-15-5-3-4-6-17(15)22/h3-12H,2,13H2,1H3,(H,23,26)(H,24,27). The molecule has 148 valence electrons. The summed E-state index contributed by atoms with van der Waals surface area (Å²) in [5.41, 5.74) is 1.53. The Morgan fingerprint density at radius 3 is 2.41 bits per heavy atom. The molecule has 2 N–H and O–H groups in total. The third kappa shape index (κ3) is 5.35. The lowest BCUT2D eigenvalue weighted by Gasteiger charge is -2.08. The number of aromatic nitrogens is 2. The Morgan fingerprint density at radius 2 is 1.76 bits per heavy atom. The van der Waals surface area contributed by atoms with E-state index in [1.165, 1.54) is 12.1 Å². The summed E-state index contributed by atoms with van der Waals surface area (Å²) in [6, 6.07) is 15.9. The minimum atomic E-state index is -0.443. The quantitative estimate of drug-likeness (QED) is 0.594. The average Bonchev–Trinajstić information content (AvgIpc) is 2.74. The third-order valence-corrected chi connectivity index (χ3v) is 3.97. The Balaban J connectivity index is 1.57. The molecule has 0 radical (unpaired) electrons. The predicted octanol–water partition coefficient (Wildman–Crippen LogP) is 3.66. The first-order chi connectivity index (χ1) is 14.1. The normalized spacial score (nSPS) is 10.3. The minimum absolute atomic E-state index is 0.121. The van der Waals surface area contributed by atoms with Crippen molar-refractivity contribution in [3.63, 3.8) is 0 Å². The molecule has 29 heavy (non-hydrogen) atoms. The van der Waals surface area contributed by atoms with Crippen molar-refractivity contribution in [3.8, 4) is 0 Å². The number of carbonyl (C=O) groups is 2. The van der Waals surface area contributed by atoms with Crippen LogP contribution in [-0.4, -0.2) is 28.7 Å². The fourth-order valence-electron chi connectivity index (χ4n) is 2.47. The lowest BCUT2D eigenvalue weighted by molar-refractivity contribution is 0.0526. The molecule has 7 nitrogen and oxygen atoms in total. The maximum Gasteiger partial charge on any atom is 0.338 e. The van der Waals surface area contributed by atoms with Gasteiger partial charge >= 0.3 is 5.97 Å². The molecule has 0 unspecified atom stereocenters. The van der Waals surface area contributed by atoms with Crippen LogP contribution in [0, 0.1) is 5.82 Å². The molecule has 3 rings (SSSR count). The maximum atomic E-state index is 13.6. The third-order valence-electron chi connectivity index (χ3n) is 3.97. The molecule has 0 saturated carbocycles. The number of amides is 1. The van der Waals surface area contributed by atoms with Gasteiger partial charge in [-0.2, -0.15) is 0 Å². The van der Waals surface area contributed by atoms with Crippen LogP contribution in [0.3, 0.4) is 0 Å². The van der Waals surface area contributed by atoms with Gasteiger partial charge in [-0.1, -0.05) is 18.2 Å². The van der Waals surface area contributed by atoms with E-state index in [2.05, 4.69) is 20.8 Å². The topological polar surface area (TPSA) is 93.2 Å². The SMILES string of the molecule is CCOC(=O)c1ccc(NC(=O)c2ccc(NCc3ccccc3F)nn2)cc1. The van der Waals surface area contributed by atoms with E-state index in [9.17, 15) is 14.0 Å². The Hall–Kier alpha value is -3.81. The fourth-order valence-corrected chi connectivity index (χ4v) is 2.47. The number of benzene rings is 2. The molecule has 3 aromatic rings. The fraction of sp³-hybridized carbons (Fsp3) is 0.143. The highest BCUT2D eigenvalue weighted by Crippen LogP contribution is 2.13. The zero-order valence-corrected chi connectivity index (χ0v) is 15.7. The van der Waals surface area contributed by atoms with Gasteiger partial charge in [0.1, 0.15) is 11.6 Å². The second kappa shape index (κ2) is 9.41. The van der Waals surface area contributed by atoms with Crippen molar-refractivity contribution in [2.24, 2.45) is 0 Å². The molecule has 0 atom stereocenters. The van der Waals surface area contributed by atoms with Crippen LogP contribution in [0.5, 0.6) is 0 Å². The first-order valence-electron chi connectivity index (χ1n) is 8.96. The number of carbonyl (C=O) groups excluding carboxylic acids is 2. The number of nitrogens with one attached hydrogen (secondary N) is 2. The molecule has 0 spiro atoms. The molecular formula is C21H19FN4O3. The summed E-state index contributed by atoms with van der Waals surface area (Å²) in [5.74, 6) is -0.752. The van der Waals surface area contributed by atoms with E-state index in [-0.39, 0.29) is 18.1 Å². The molecule has 2 aromatic carbocycles. The Morgan fingerprint density at radius 1 is 1.00 bits per heavy atom. The van der Waals surface area contributed by atoms with Gasteiger partial charge in [0.25, 0.3) is 5.91 Å². The Labute approximate surface area is 166 Å². The summed E-state index contributed by atoms with van der Waals surface area (Å²) >= 11 is 0. The van der Waals surface area contributed by atoms with Crippen LogP contribution in [0.4, 0.5) is 15.9 Å². The van der Waals surface area contributed by atoms with Crippen molar-refractivity contribution < 1.29 is 18.7 Å². The molecule has 0 saturated heterocycles. The number of hydrogen-bond acceptors (Lipinski definition) is 6. The summed E-state index contributed by atoms with van der Waals surface area (Å²) in [6.07, 6.45) is 0. The summed E-state index contributed by atoms with van der Waals surface area (Å²) in [6.45, 7) is 2.27. The van der Waals surface area contributed by atoms with Crippen molar-refractivity contribution >= 4 is 23.4 Å². The number of halogens is 1. The van der Waals surface area contributed by atoms with Gasteiger partial charge in [-0.05, 0) is 49.4 Å². The van der Waals surface area contributed by atoms with Crippen LogP contribution in [0.2, 0.25) is 0 Å². The first kappa shape index (κ1) is 19.9. The van der Waals surface area contributed by atoms with Crippen molar-refractivity contribution in [2.75, 3.05) is 17.2 Å².